The molecule has 1 aliphatic heterocycles. The molecule has 0 aromatic heterocycles. The van der Waals surface area contributed by atoms with E-state index in [0.717, 1.165) is 0 Å². The molecule has 0 aromatic carbocycles. The van der Waals surface area contributed by atoms with Gasteiger partial charge in [-0.2, -0.15) is 0 Å². The van der Waals surface area contributed by atoms with Gasteiger partial charge in [-0.3, -0.25) is 0 Å². The Bertz CT molecular complexity index is 339. The summed E-state index contributed by atoms with van der Waals surface area (Å²) in [4.78, 5) is 22.7. The number of aliphatic hydroxyl groups is 1. The van der Waals surface area contributed by atoms with Gasteiger partial charge in [-0.15, -0.1) is 0 Å². The highest BCUT2D eigenvalue weighted by Gasteiger charge is 2.42. The minimum Gasteiger partial charge on any atom is -0.480 e. The van der Waals surface area contributed by atoms with Crippen LogP contribution in [0, 0.1) is 5.41 Å². The second-order valence-corrected chi connectivity index (χ2v) is 5.89. The van der Waals surface area contributed by atoms with E-state index in [1.165, 1.54) is 0 Å². The molecule has 1 heterocycles. The summed E-state index contributed by atoms with van der Waals surface area (Å²) in [5.41, 5.74) is -1.28. The fourth-order valence-corrected chi connectivity index (χ4v) is 1.75. The van der Waals surface area contributed by atoms with Gasteiger partial charge >= 0.3 is 12.1 Å². The van der Waals surface area contributed by atoms with Crippen LogP contribution in [-0.2, 0) is 14.3 Å². The normalized spacial score (nSPS) is 19.2. The summed E-state index contributed by atoms with van der Waals surface area (Å²) in [5, 5.41) is 20.7. The molecule has 7 heteroatoms. The fourth-order valence-electron chi connectivity index (χ4n) is 1.75. The maximum atomic E-state index is 11.6. The average Bonchev–Trinajstić information content (AvgIpc) is 2.18. The Morgan fingerprint density at radius 1 is 1.42 bits per heavy atom. The van der Waals surface area contributed by atoms with E-state index in [1.807, 2.05) is 0 Å². The Morgan fingerprint density at radius 2 is 2.00 bits per heavy atom. The lowest BCUT2D eigenvalue weighted by molar-refractivity contribution is -0.156. The number of amides is 1. The first-order valence-corrected chi connectivity index (χ1v) is 6.08. The zero-order valence-electron chi connectivity index (χ0n) is 11.4. The number of carboxylic acid groups (broad SMARTS) is 1. The van der Waals surface area contributed by atoms with Gasteiger partial charge in [-0.1, -0.05) is 0 Å². The van der Waals surface area contributed by atoms with Crippen LogP contribution in [0.15, 0.2) is 0 Å². The van der Waals surface area contributed by atoms with Gasteiger partial charge in [0.1, 0.15) is 11.6 Å². The van der Waals surface area contributed by atoms with Crippen LogP contribution in [0.5, 0.6) is 0 Å². The molecule has 1 rings (SSSR count). The molecule has 0 spiro atoms. The Balaban J connectivity index is 2.58. The van der Waals surface area contributed by atoms with Gasteiger partial charge < -0.3 is 25.0 Å². The fraction of sp³-hybridized carbons (Fsp3) is 0.833. The van der Waals surface area contributed by atoms with Crippen molar-refractivity contribution in [2.24, 2.45) is 5.41 Å². The number of hydrogen-bond acceptors (Lipinski definition) is 5. The number of nitrogens with one attached hydrogen (secondary N) is 1. The summed E-state index contributed by atoms with van der Waals surface area (Å²) in [5.74, 6) is -1.16. The number of ether oxygens (including phenoxy) is 2. The standard InChI is InChI=1S/C12H21NO6/c1-11(2,3)19-10(17)13-8(9(15)16)4-12(5-14)6-18-7-12/h8,14H,4-7H2,1-3H3,(H,13,17)(H,15,16). The zero-order valence-corrected chi connectivity index (χ0v) is 11.4. The minimum atomic E-state index is -1.16. The number of hydrogen-bond donors (Lipinski definition) is 3. The van der Waals surface area contributed by atoms with E-state index in [0.29, 0.717) is 13.2 Å². The number of carbonyl (C=O) groups is 2. The minimum absolute atomic E-state index is 0.109. The summed E-state index contributed by atoms with van der Waals surface area (Å²) in [6.07, 6.45) is -0.675. The van der Waals surface area contributed by atoms with Gasteiger partial charge in [0.2, 0.25) is 0 Å². The monoisotopic (exact) mass is 275 g/mol. The van der Waals surface area contributed by atoms with E-state index in [1.54, 1.807) is 20.8 Å². The summed E-state index contributed by atoms with van der Waals surface area (Å²) < 4.78 is 10.0. The van der Waals surface area contributed by atoms with Crippen molar-refractivity contribution in [1.82, 2.24) is 5.32 Å². The van der Waals surface area contributed by atoms with Crippen molar-refractivity contribution >= 4 is 12.1 Å². The Morgan fingerprint density at radius 3 is 2.32 bits per heavy atom. The van der Waals surface area contributed by atoms with Crippen LogP contribution in [0.2, 0.25) is 0 Å². The molecule has 1 amide bonds. The number of alkyl carbamates (subject to hydrolysis) is 1. The first-order valence-electron chi connectivity index (χ1n) is 6.08. The molecule has 1 aliphatic rings. The first kappa shape index (κ1) is 15.7. The highest BCUT2D eigenvalue weighted by molar-refractivity contribution is 5.80. The Hall–Kier alpha value is -1.34. The second kappa shape index (κ2) is 5.75. The van der Waals surface area contributed by atoms with Crippen molar-refractivity contribution in [3.05, 3.63) is 0 Å². The summed E-state index contributed by atoms with van der Waals surface area (Å²) >= 11 is 0. The molecule has 1 fully saturated rings. The third-order valence-corrected chi connectivity index (χ3v) is 2.78. The second-order valence-electron chi connectivity index (χ2n) is 5.89. The predicted molar refractivity (Wildman–Crippen MR) is 65.7 cm³/mol. The third kappa shape index (κ3) is 4.68. The molecule has 1 atom stereocenters. The first-order chi connectivity index (χ1) is 8.67. The van der Waals surface area contributed by atoms with Crippen LogP contribution in [0.4, 0.5) is 4.79 Å². The molecule has 1 saturated heterocycles. The van der Waals surface area contributed by atoms with E-state index in [2.05, 4.69) is 5.32 Å². The molecule has 0 saturated carbocycles. The Kier molecular flexibility index (Phi) is 4.75. The molecule has 0 bridgehead atoms. The van der Waals surface area contributed by atoms with E-state index in [-0.39, 0.29) is 13.0 Å². The van der Waals surface area contributed by atoms with Crippen molar-refractivity contribution in [2.75, 3.05) is 19.8 Å². The average molecular weight is 275 g/mol. The lowest BCUT2D eigenvalue weighted by Crippen LogP contribution is -2.53. The summed E-state index contributed by atoms with van der Waals surface area (Å²) in [6, 6.07) is -1.11. The van der Waals surface area contributed by atoms with Gasteiger partial charge in [-0.05, 0) is 27.2 Å². The smallest absolute Gasteiger partial charge is 0.408 e. The highest BCUT2D eigenvalue weighted by Crippen LogP contribution is 2.32. The van der Waals surface area contributed by atoms with Crippen LogP contribution in [0.1, 0.15) is 27.2 Å². The van der Waals surface area contributed by atoms with E-state index in [9.17, 15) is 14.7 Å². The van der Waals surface area contributed by atoms with Gasteiger partial charge in [0.15, 0.2) is 0 Å². The number of carboxylic acids is 1. The van der Waals surface area contributed by atoms with Gasteiger partial charge in [0.25, 0.3) is 0 Å². The molecule has 19 heavy (non-hydrogen) atoms. The zero-order chi connectivity index (χ0) is 14.7. The molecule has 0 aromatic rings. The number of aliphatic hydroxyl groups excluding tert-OH is 1. The van der Waals surface area contributed by atoms with Crippen molar-refractivity contribution in [1.29, 1.82) is 0 Å². The Labute approximate surface area is 111 Å². The lowest BCUT2D eigenvalue weighted by Gasteiger charge is -2.41. The molecule has 110 valence electrons. The quantitative estimate of drug-likeness (QED) is 0.669. The van der Waals surface area contributed by atoms with Crippen LogP contribution in [0.25, 0.3) is 0 Å². The number of rotatable bonds is 5. The SMILES string of the molecule is CC(C)(C)OC(=O)NC(CC1(CO)COC1)C(=O)O. The largest absolute Gasteiger partial charge is 0.480 e. The third-order valence-electron chi connectivity index (χ3n) is 2.78. The number of aliphatic carboxylic acids is 1. The topological polar surface area (TPSA) is 105 Å². The van der Waals surface area contributed by atoms with Crippen molar-refractivity contribution in [2.45, 2.75) is 38.8 Å². The van der Waals surface area contributed by atoms with Crippen LogP contribution in [-0.4, -0.2) is 53.7 Å². The van der Waals surface area contributed by atoms with Crippen molar-refractivity contribution in [3.8, 4) is 0 Å². The summed E-state index contributed by atoms with van der Waals surface area (Å²) in [6.45, 7) is 5.49. The maximum absolute atomic E-state index is 11.6. The van der Waals surface area contributed by atoms with Gasteiger partial charge in [-0.25, -0.2) is 9.59 Å². The number of carbonyl (C=O) groups excluding carboxylic acids is 1. The van der Waals surface area contributed by atoms with Gasteiger partial charge in [0, 0.05) is 5.41 Å². The molecule has 3 N–H and O–H groups in total. The molecule has 1 unspecified atom stereocenters. The van der Waals surface area contributed by atoms with Crippen LogP contribution < -0.4 is 5.32 Å². The molecule has 0 aliphatic carbocycles. The predicted octanol–water partition coefficient (Wildman–Crippen LogP) is 0.363. The van der Waals surface area contributed by atoms with E-state index < -0.39 is 29.1 Å². The highest BCUT2D eigenvalue weighted by atomic mass is 16.6. The summed E-state index contributed by atoms with van der Waals surface area (Å²) in [7, 11) is 0. The van der Waals surface area contributed by atoms with E-state index in [4.69, 9.17) is 14.6 Å². The van der Waals surface area contributed by atoms with Crippen LogP contribution >= 0.6 is 0 Å². The van der Waals surface area contributed by atoms with Crippen molar-refractivity contribution in [3.63, 3.8) is 0 Å². The van der Waals surface area contributed by atoms with E-state index >= 15 is 0 Å². The lowest BCUT2D eigenvalue weighted by atomic mass is 9.80. The van der Waals surface area contributed by atoms with Crippen LogP contribution in [0.3, 0.4) is 0 Å². The van der Waals surface area contributed by atoms with Crippen molar-refractivity contribution < 1.29 is 29.3 Å². The molecular formula is C12H21NO6. The molecule has 7 nitrogen and oxygen atoms in total. The maximum Gasteiger partial charge on any atom is 0.408 e. The molecular weight excluding hydrogens is 254 g/mol. The molecule has 0 radical (unpaired) electrons. The van der Waals surface area contributed by atoms with Gasteiger partial charge in [0.05, 0.1) is 19.8 Å².